The topological polar surface area (TPSA) is 101 Å². The van der Waals surface area contributed by atoms with Crippen molar-refractivity contribution in [2.75, 3.05) is 10.6 Å². The molecule has 0 unspecified atom stereocenters. The normalized spacial score (nSPS) is 10.0. The quantitative estimate of drug-likeness (QED) is 0.660. The molecule has 0 fully saturated rings. The van der Waals surface area contributed by atoms with E-state index in [4.69, 9.17) is 11.6 Å². The van der Waals surface area contributed by atoms with Crippen molar-refractivity contribution < 1.29 is 14.5 Å². The lowest BCUT2D eigenvalue weighted by atomic mass is 10.1. The average molecular weight is 334 g/mol. The van der Waals surface area contributed by atoms with E-state index in [1.807, 2.05) is 0 Å². The van der Waals surface area contributed by atoms with Crippen molar-refractivity contribution in [2.45, 2.75) is 6.92 Å². The summed E-state index contributed by atoms with van der Waals surface area (Å²) in [4.78, 5) is 33.7. The minimum atomic E-state index is -0.630. The van der Waals surface area contributed by atoms with Gasteiger partial charge in [-0.2, -0.15) is 0 Å². The van der Waals surface area contributed by atoms with Crippen LogP contribution < -0.4 is 10.6 Å². The Morgan fingerprint density at radius 3 is 2.52 bits per heavy atom. The molecular weight excluding hydrogens is 322 g/mol. The van der Waals surface area contributed by atoms with E-state index in [1.165, 1.54) is 31.2 Å². The Hall–Kier alpha value is -2.93. The first-order valence-electron chi connectivity index (χ1n) is 6.50. The van der Waals surface area contributed by atoms with Gasteiger partial charge in [0, 0.05) is 29.3 Å². The molecule has 0 bridgehead atoms. The van der Waals surface area contributed by atoms with E-state index in [1.54, 1.807) is 12.1 Å². The number of nitrogens with zero attached hydrogens (tertiary/aromatic N) is 1. The van der Waals surface area contributed by atoms with Crippen LogP contribution in [0.2, 0.25) is 5.02 Å². The van der Waals surface area contributed by atoms with Gasteiger partial charge in [0.25, 0.3) is 11.6 Å². The highest BCUT2D eigenvalue weighted by Gasteiger charge is 2.17. The number of carbonyl (C=O) groups excluding carboxylic acids is 2. The summed E-state index contributed by atoms with van der Waals surface area (Å²) >= 11 is 5.73. The number of benzene rings is 2. The average Bonchev–Trinajstić information content (AvgIpc) is 2.48. The van der Waals surface area contributed by atoms with E-state index in [9.17, 15) is 19.7 Å². The second kappa shape index (κ2) is 6.89. The van der Waals surface area contributed by atoms with E-state index >= 15 is 0 Å². The van der Waals surface area contributed by atoms with Crippen LogP contribution >= 0.6 is 11.6 Å². The molecule has 0 atom stereocenters. The van der Waals surface area contributed by atoms with Crippen LogP contribution in [0.25, 0.3) is 0 Å². The molecule has 8 heteroatoms. The highest BCUT2D eigenvalue weighted by Crippen LogP contribution is 2.28. The largest absolute Gasteiger partial charge is 0.326 e. The van der Waals surface area contributed by atoms with Gasteiger partial charge in [0.05, 0.1) is 4.92 Å². The van der Waals surface area contributed by atoms with Crippen LogP contribution in [0.5, 0.6) is 0 Å². The predicted molar refractivity (Wildman–Crippen MR) is 86.8 cm³/mol. The van der Waals surface area contributed by atoms with Gasteiger partial charge in [0.2, 0.25) is 5.91 Å². The third-order valence-electron chi connectivity index (χ3n) is 2.85. The number of hydrogen-bond acceptors (Lipinski definition) is 4. The second-order valence-corrected chi connectivity index (χ2v) is 5.07. The summed E-state index contributed by atoms with van der Waals surface area (Å²) in [5.74, 6) is -0.807. The minimum Gasteiger partial charge on any atom is -0.326 e. The lowest BCUT2D eigenvalue weighted by molar-refractivity contribution is -0.383. The fourth-order valence-electron chi connectivity index (χ4n) is 1.90. The summed E-state index contributed by atoms with van der Waals surface area (Å²) in [5.41, 5.74) is 0.439. The third kappa shape index (κ3) is 4.27. The minimum absolute atomic E-state index is 0.0364. The first-order chi connectivity index (χ1) is 10.9. The van der Waals surface area contributed by atoms with Gasteiger partial charge in [-0.05, 0) is 30.3 Å². The highest BCUT2D eigenvalue weighted by atomic mass is 35.5. The van der Waals surface area contributed by atoms with Gasteiger partial charge in [-0.15, -0.1) is 0 Å². The van der Waals surface area contributed by atoms with Gasteiger partial charge >= 0.3 is 0 Å². The van der Waals surface area contributed by atoms with E-state index in [0.717, 1.165) is 6.07 Å². The number of amides is 2. The van der Waals surface area contributed by atoms with Gasteiger partial charge in [-0.3, -0.25) is 19.7 Å². The number of nitro groups is 1. The first-order valence-corrected chi connectivity index (χ1v) is 6.87. The van der Waals surface area contributed by atoms with Gasteiger partial charge in [0.15, 0.2) is 0 Å². The van der Waals surface area contributed by atoms with Gasteiger partial charge in [-0.25, -0.2) is 0 Å². The van der Waals surface area contributed by atoms with Crippen molar-refractivity contribution in [1.82, 2.24) is 0 Å². The molecule has 118 valence electrons. The molecule has 0 saturated carbocycles. The predicted octanol–water partition coefficient (Wildman–Crippen LogP) is 3.46. The standard InChI is InChI=1S/C15H12ClN3O4/c1-9(20)17-12-4-2-3-10(7-12)15(21)18-13-6-5-11(16)8-14(13)19(22)23/h2-8H,1H3,(H,17,20)(H,18,21). The van der Waals surface area contributed by atoms with Crippen LogP contribution in [-0.4, -0.2) is 16.7 Å². The Morgan fingerprint density at radius 1 is 1.13 bits per heavy atom. The lowest BCUT2D eigenvalue weighted by Crippen LogP contribution is -2.14. The molecule has 2 aromatic rings. The maximum absolute atomic E-state index is 12.2. The van der Waals surface area contributed by atoms with Gasteiger partial charge in [-0.1, -0.05) is 17.7 Å². The van der Waals surface area contributed by atoms with Crippen LogP contribution in [0.3, 0.4) is 0 Å². The molecule has 0 spiro atoms. The number of nitrogens with one attached hydrogen (secondary N) is 2. The van der Waals surface area contributed by atoms with Crippen molar-refractivity contribution in [3.8, 4) is 0 Å². The zero-order valence-electron chi connectivity index (χ0n) is 12.0. The van der Waals surface area contributed by atoms with E-state index < -0.39 is 10.8 Å². The summed E-state index contributed by atoms with van der Waals surface area (Å²) in [6.45, 7) is 1.35. The Balaban J connectivity index is 2.26. The van der Waals surface area contributed by atoms with Crippen LogP contribution in [0.4, 0.5) is 17.1 Å². The van der Waals surface area contributed by atoms with Crippen LogP contribution in [0.1, 0.15) is 17.3 Å². The summed E-state index contributed by atoms with van der Waals surface area (Å²) in [5, 5.41) is 16.2. The summed E-state index contributed by atoms with van der Waals surface area (Å²) in [6, 6.07) is 10.2. The van der Waals surface area contributed by atoms with Crippen LogP contribution in [0.15, 0.2) is 42.5 Å². The molecule has 0 aliphatic carbocycles. The molecule has 0 saturated heterocycles. The zero-order chi connectivity index (χ0) is 17.0. The molecule has 0 heterocycles. The molecule has 7 nitrogen and oxygen atoms in total. The van der Waals surface area contributed by atoms with E-state index in [-0.39, 0.29) is 27.9 Å². The smallest absolute Gasteiger partial charge is 0.294 e. The molecule has 0 radical (unpaired) electrons. The van der Waals surface area contributed by atoms with Crippen molar-refractivity contribution in [2.24, 2.45) is 0 Å². The molecule has 0 aromatic heterocycles. The fourth-order valence-corrected chi connectivity index (χ4v) is 2.06. The zero-order valence-corrected chi connectivity index (χ0v) is 12.8. The van der Waals surface area contributed by atoms with Crippen LogP contribution in [0, 0.1) is 10.1 Å². The highest BCUT2D eigenvalue weighted by molar-refractivity contribution is 6.31. The first kappa shape index (κ1) is 16.4. The summed E-state index contributed by atoms with van der Waals surface area (Å²) < 4.78 is 0. The molecule has 2 rings (SSSR count). The van der Waals surface area contributed by atoms with Crippen molar-refractivity contribution in [3.05, 3.63) is 63.2 Å². The summed E-state index contributed by atoms with van der Waals surface area (Å²) in [7, 11) is 0. The summed E-state index contributed by atoms with van der Waals surface area (Å²) in [6.07, 6.45) is 0. The number of rotatable bonds is 4. The number of halogens is 1. The Morgan fingerprint density at radius 2 is 1.87 bits per heavy atom. The van der Waals surface area contributed by atoms with Crippen molar-refractivity contribution >= 4 is 40.5 Å². The SMILES string of the molecule is CC(=O)Nc1cccc(C(=O)Nc2ccc(Cl)cc2[N+](=O)[O-])c1. The van der Waals surface area contributed by atoms with Gasteiger partial charge in [0.1, 0.15) is 5.69 Å². The molecular formula is C15H12ClN3O4. The number of hydrogen-bond donors (Lipinski definition) is 2. The molecule has 2 amide bonds. The van der Waals surface area contributed by atoms with E-state index in [2.05, 4.69) is 10.6 Å². The third-order valence-corrected chi connectivity index (χ3v) is 3.08. The Kier molecular flexibility index (Phi) is 4.92. The number of carbonyl (C=O) groups is 2. The van der Waals surface area contributed by atoms with E-state index in [0.29, 0.717) is 5.69 Å². The lowest BCUT2D eigenvalue weighted by Gasteiger charge is -2.08. The fraction of sp³-hybridized carbons (Fsp3) is 0.0667. The molecule has 2 N–H and O–H groups in total. The maximum atomic E-state index is 12.2. The van der Waals surface area contributed by atoms with Gasteiger partial charge < -0.3 is 10.6 Å². The van der Waals surface area contributed by atoms with Crippen molar-refractivity contribution in [1.29, 1.82) is 0 Å². The molecule has 0 aliphatic heterocycles. The number of nitro benzene ring substituents is 1. The molecule has 0 aliphatic rings. The second-order valence-electron chi connectivity index (χ2n) is 4.63. The Bertz CT molecular complexity index is 792. The maximum Gasteiger partial charge on any atom is 0.294 e. The van der Waals surface area contributed by atoms with Crippen molar-refractivity contribution in [3.63, 3.8) is 0 Å². The Labute approximate surface area is 136 Å². The molecule has 23 heavy (non-hydrogen) atoms. The van der Waals surface area contributed by atoms with Crippen LogP contribution in [-0.2, 0) is 4.79 Å². The molecule has 2 aromatic carbocycles. The number of anilines is 2. The monoisotopic (exact) mass is 333 g/mol.